The SMILES string of the molecule is C[C@@H]1CN(C)[C@H](C)C[C@H]1NC[C@@H](O)c1ccccc1. The first-order valence-electron chi connectivity index (χ1n) is 7.24. The lowest BCUT2D eigenvalue weighted by Crippen LogP contribution is -2.51. The van der Waals surface area contributed by atoms with Crippen molar-refractivity contribution in [3.8, 4) is 0 Å². The van der Waals surface area contributed by atoms with E-state index in [1.54, 1.807) is 0 Å². The van der Waals surface area contributed by atoms with E-state index in [0.717, 1.165) is 18.5 Å². The monoisotopic (exact) mass is 262 g/mol. The maximum atomic E-state index is 10.2. The second-order valence-corrected chi connectivity index (χ2v) is 5.94. The van der Waals surface area contributed by atoms with Crippen molar-refractivity contribution in [1.82, 2.24) is 10.2 Å². The molecule has 1 aliphatic heterocycles. The number of hydrogen-bond donors (Lipinski definition) is 2. The van der Waals surface area contributed by atoms with Crippen molar-refractivity contribution in [1.29, 1.82) is 0 Å². The van der Waals surface area contributed by atoms with Crippen molar-refractivity contribution in [2.45, 2.75) is 38.5 Å². The van der Waals surface area contributed by atoms with Gasteiger partial charge in [-0.15, -0.1) is 0 Å². The van der Waals surface area contributed by atoms with Crippen molar-refractivity contribution in [3.05, 3.63) is 35.9 Å². The van der Waals surface area contributed by atoms with E-state index in [4.69, 9.17) is 0 Å². The number of benzene rings is 1. The number of hydrogen-bond acceptors (Lipinski definition) is 3. The first-order chi connectivity index (χ1) is 9.08. The minimum atomic E-state index is -0.414. The molecule has 0 aromatic heterocycles. The second-order valence-electron chi connectivity index (χ2n) is 5.94. The first-order valence-corrected chi connectivity index (χ1v) is 7.24. The van der Waals surface area contributed by atoms with Crippen molar-refractivity contribution >= 4 is 0 Å². The highest BCUT2D eigenvalue weighted by molar-refractivity contribution is 5.17. The van der Waals surface area contributed by atoms with Crippen LogP contribution in [0.1, 0.15) is 31.9 Å². The van der Waals surface area contributed by atoms with Gasteiger partial charge in [-0.2, -0.15) is 0 Å². The Bertz CT molecular complexity index is 382. The Labute approximate surface area is 116 Å². The molecule has 0 aliphatic carbocycles. The summed E-state index contributed by atoms with van der Waals surface area (Å²) < 4.78 is 0. The Balaban J connectivity index is 1.85. The lowest BCUT2D eigenvalue weighted by atomic mass is 9.89. The van der Waals surface area contributed by atoms with E-state index in [1.165, 1.54) is 0 Å². The Morgan fingerprint density at radius 1 is 1.32 bits per heavy atom. The average molecular weight is 262 g/mol. The Hall–Kier alpha value is -0.900. The van der Waals surface area contributed by atoms with Gasteiger partial charge in [0, 0.05) is 25.2 Å². The maximum Gasteiger partial charge on any atom is 0.0914 e. The van der Waals surface area contributed by atoms with Crippen LogP contribution in [0, 0.1) is 5.92 Å². The average Bonchev–Trinajstić information content (AvgIpc) is 2.42. The lowest BCUT2D eigenvalue weighted by Gasteiger charge is -2.40. The highest BCUT2D eigenvalue weighted by atomic mass is 16.3. The van der Waals surface area contributed by atoms with Crippen LogP contribution in [0.25, 0.3) is 0 Å². The molecule has 0 bridgehead atoms. The molecule has 1 saturated heterocycles. The number of aliphatic hydroxyl groups excluding tert-OH is 1. The zero-order valence-corrected chi connectivity index (χ0v) is 12.2. The molecule has 1 heterocycles. The molecule has 1 fully saturated rings. The number of nitrogens with zero attached hydrogens (tertiary/aromatic N) is 1. The van der Waals surface area contributed by atoms with Crippen LogP contribution in [0.3, 0.4) is 0 Å². The van der Waals surface area contributed by atoms with Gasteiger partial charge in [-0.05, 0) is 31.9 Å². The molecule has 1 aromatic carbocycles. The molecule has 3 nitrogen and oxygen atoms in total. The predicted molar refractivity (Wildman–Crippen MR) is 79.1 cm³/mol. The fraction of sp³-hybridized carbons (Fsp3) is 0.625. The van der Waals surface area contributed by atoms with E-state index in [0.29, 0.717) is 24.5 Å². The topological polar surface area (TPSA) is 35.5 Å². The molecular weight excluding hydrogens is 236 g/mol. The highest BCUT2D eigenvalue weighted by Gasteiger charge is 2.28. The summed E-state index contributed by atoms with van der Waals surface area (Å²) >= 11 is 0. The van der Waals surface area contributed by atoms with Crippen LogP contribution < -0.4 is 5.32 Å². The van der Waals surface area contributed by atoms with Crippen LogP contribution in [0.2, 0.25) is 0 Å². The molecule has 19 heavy (non-hydrogen) atoms. The Kier molecular flexibility index (Phi) is 4.97. The van der Waals surface area contributed by atoms with Gasteiger partial charge in [0.1, 0.15) is 0 Å². The van der Waals surface area contributed by atoms with Gasteiger partial charge in [-0.1, -0.05) is 37.3 Å². The minimum absolute atomic E-state index is 0.414. The predicted octanol–water partition coefficient (Wildman–Crippen LogP) is 2.04. The fourth-order valence-electron chi connectivity index (χ4n) is 2.88. The summed E-state index contributed by atoms with van der Waals surface area (Å²) in [5.74, 6) is 0.629. The van der Waals surface area contributed by atoms with E-state index >= 15 is 0 Å². The summed E-state index contributed by atoms with van der Waals surface area (Å²) in [7, 11) is 2.19. The van der Waals surface area contributed by atoms with Gasteiger partial charge >= 0.3 is 0 Å². The molecule has 2 rings (SSSR count). The van der Waals surface area contributed by atoms with Crippen LogP contribution in [-0.4, -0.2) is 42.2 Å². The number of piperidine rings is 1. The lowest BCUT2D eigenvalue weighted by molar-refractivity contribution is 0.106. The van der Waals surface area contributed by atoms with Gasteiger partial charge in [-0.25, -0.2) is 0 Å². The van der Waals surface area contributed by atoms with E-state index in [-0.39, 0.29) is 0 Å². The summed E-state index contributed by atoms with van der Waals surface area (Å²) in [6, 6.07) is 11.0. The summed E-state index contributed by atoms with van der Waals surface area (Å²) in [6.07, 6.45) is 0.738. The zero-order valence-electron chi connectivity index (χ0n) is 12.2. The third kappa shape index (κ3) is 3.78. The molecular formula is C16H26N2O. The Morgan fingerprint density at radius 3 is 2.68 bits per heavy atom. The van der Waals surface area contributed by atoms with Crippen molar-refractivity contribution in [2.75, 3.05) is 20.1 Å². The number of nitrogens with one attached hydrogen (secondary N) is 1. The van der Waals surface area contributed by atoms with Gasteiger partial charge in [0.25, 0.3) is 0 Å². The molecule has 0 saturated carbocycles. The largest absolute Gasteiger partial charge is 0.387 e. The van der Waals surface area contributed by atoms with Crippen molar-refractivity contribution in [3.63, 3.8) is 0 Å². The minimum Gasteiger partial charge on any atom is -0.387 e. The smallest absolute Gasteiger partial charge is 0.0914 e. The second kappa shape index (κ2) is 6.51. The normalized spacial score (nSPS) is 30.2. The van der Waals surface area contributed by atoms with Crippen LogP contribution in [0.15, 0.2) is 30.3 Å². The fourth-order valence-corrected chi connectivity index (χ4v) is 2.88. The molecule has 106 valence electrons. The molecule has 3 heteroatoms. The van der Waals surface area contributed by atoms with E-state index in [9.17, 15) is 5.11 Å². The maximum absolute atomic E-state index is 10.2. The number of aliphatic hydroxyl groups is 1. The molecule has 0 spiro atoms. The standard InChI is InChI=1S/C16H26N2O/c1-12-11-18(3)13(2)9-15(12)17-10-16(19)14-7-5-4-6-8-14/h4-8,12-13,15-17,19H,9-11H2,1-3H3/t12-,13-,15-,16-/m1/s1. The van der Waals surface area contributed by atoms with E-state index in [2.05, 4.69) is 31.1 Å². The van der Waals surface area contributed by atoms with Crippen LogP contribution >= 0.6 is 0 Å². The summed E-state index contributed by atoms with van der Waals surface area (Å²) in [4.78, 5) is 2.41. The molecule has 0 amide bonds. The molecule has 1 aromatic rings. The number of rotatable bonds is 4. The first kappa shape index (κ1) is 14.5. The van der Waals surface area contributed by atoms with E-state index < -0.39 is 6.10 Å². The molecule has 0 radical (unpaired) electrons. The van der Waals surface area contributed by atoms with Crippen LogP contribution in [0.5, 0.6) is 0 Å². The highest BCUT2D eigenvalue weighted by Crippen LogP contribution is 2.21. The van der Waals surface area contributed by atoms with Gasteiger partial charge in [0.2, 0.25) is 0 Å². The zero-order chi connectivity index (χ0) is 13.8. The quantitative estimate of drug-likeness (QED) is 0.871. The van der Waals surface area contributed by atoms with Crippen LogP contribution in [0.4, 0.5) is 0 Å². The van der Waals surface area contributed by atoms with Crippen molar-refractivity contribution < 1.29 is 5.11 Å². The number of likely N-dealkylation sites (tertiary alicyclic amines) is 1. The van der Waals surface area contributed by atoms with Gasteiger partial charge < -0.3 is 15.3 Å². The van der Waals surface area contributed by atoms with Crippen molar-refractivity contribution in [2.24, 2.45) is 5.92 Å². The molecule has 4 atom stereocenters. The molecule has 0 unspecified atom stereocenters. The van der Waals surface area contributed by atoms with Gasteiger partial charge in [-0.3, -0.25) is 0 Å². The molecule has 2 N–H and O–H groups in total. The third-order valence-corrected chi connectivity index (χ3v) is 4.37. The van der Waals surface area contributed by atoms with Gasteiger partial charge in [0.15, 0.2) is 0 Å². The summed E-state index contributed by atoms with van der Waals surface area (Å²) in [5.41, 5.74) is 0.989. The van der Waals surface area contributed by atoms with Gasteiger partial charge in [0.05, 0.1) is 6.10 Å². The molecule has 1 aliphatic rings. The summed E-state index contributed by atoms with van der Waals surface area (Å²) in [6.45, 7) is 6.32. The summed E-state index contributed by atoms with van der Waals surface area (Å²) in [5, 5.41) is 13.7. The third-order valence-electron chi connectivity index (χ3n) is 4.37. The van der Waals surface area contributed by atoms with Crippen LogP contribution in [-0.2, 0) is 0 Å². The Morgan fingerprint density at radius 2 is 2.00 bits per heavy atom. The van der Waals surface area contributed by atoms with E-state index in [1.807, 2.05) is 30.3 Å².